The van der Waals surface area contributed by atoms with Crippen LogP contribution in [0.3, 0.4) is 0 Å². The molecule has 0 bridgehead atoms. The summed E-state index contributed by atoms with van der Waals surface area (Å²) in [7, 11) is 0. The van der Waals surface area contributed by atoms with Crippen molar-refractivity contribution in [3.63, 3.8) is 0 Å². The van der Waals surface area contributed by atoms with Crippen LogP contribution in [-0.4, -0.2) is 35.6 Å². The first-order chi connectivity index (χ1) is 8.88. The van der Waals surface area contributed by atoms with Gasteiger partial charge in [0.25, 0.3) is 0 Å². The van der Waals surface area contributed by atoms with Crippen LogP contribution in [0.1, 0.15) is 52.9 Å². The molecule has 0 radical (unpaired) electrons. The Morgan fingerprint density at radius 3 is 2.68 bits per heavy atom. The van der Waals surface area contributed by atoms with Gasteiger partial charge in [-0.3, -0.25) is 4.79 Å². The molecule has 5 nitrogen and oxygen atoms in total. The summed E-state index contributed by atoms with van der Waals surface area (Å²) in [5.41, 5.74) is -0.129. The Balaban J connectivity index is 2.62. The van der Waals surface area contributed by atoms with Gasteiger partial charge in [0.1, 0.15) is 6.04 Å². The SMILES string of the molecule is CCCC[C@H](NC(=O)C1NCCCC1(C)C)C(=O)O. The predicted octanol–water partition coefficient (Wildman–Crippen LogP) is 1.52. The molecule has 1 saturated heterocycles. The summed E-state index contributed by atoms with van der Waals surface area (Å²) in [5.74, 6) is -1.14. The van der Waals surface area contributed by atoms with Crippen molar-refractivity contribution in [1.29, 1.82) is 0 Å². The fourth-order valence-electron chi connectivity index (χ4n) is 2.58. The van der Waals surface area contributed by atoms with Gasteiger partial charge >= 0.3 is 5.97 Å². The second-order valence-electron chi connectivity index (χ2n) is 6.02. The topological polar surface area (TPSA) is 78.4 Å². The number of hydrogen-bond donors (Lipinski definition) is 3. The number of carboxylic acid groups (broad SMARTS) is 1. The van der Waals surface area contributed by atoms with E-state index >= 15 is 0 Å². The lowest BCUT2D eigenvalue weighted by atomic mass is 9.77. The lowest BCUT2D eigenvalue weighted by Crippen LogP contribution is -2.58. The first kappa shape index (κ1) is 16.0. The zero-order chi connectivity index (χ0) is 14.5. The number of unbranched alkanes of at least 4 members (excludes halogenated alkanes) is 1. The molecule has 0 spiro atoms. The Kier molecular flexibility index (Phi) is 5.79. The Bertz CT molecular complexity index is 329. The third kappa shape index (κ3) is 4.49. The summed E-state index contributed by atoms with van der Waals surface area (Å²) < 4.78 is 0. The van der Waals surface area contributed by atoms with E-state index < -0.39 is 12.0 Å². The van der Waals surface area contributed by atoms with E-state index in [2.05, 4.69) is 10.6 Å². The van der Waals surface area contributed by atoms with Crippen molar-refractivity contribution in [1.82, 2.24) is 10.6 Å². The Labute approximate surface area is 115 Å². The van der Waals surface area contributed by atoms with Crippen LogP contribution in [0.2, 0.25) is 0 Å². The Hall–Kier alpha value is -1.10. The summed E-state index contributed by atoms with van der Waals surface area (Å²) in [4.78, 5) is 23.4. The van der Waals surface area contributed by atoms with Crippen LogP contribution in [0.25, 0.3) is 0 Å². The van der Waals surface area contributed by atoms with Crippen molar-refractivity contribution in [2.45, 2.75) is 65.0 Å². The quantitative estimate of drug-likeness (QED) is 0.684. The molecule has 0 aromatic heterocycles. The molecule has 0 aliphatic carbocycles. The molecular formula is C14H26N2O3. The van der Waals surface area contributed by atoms with Crippen molar-refractivity contribution in [3.05, 3.63) is 0 Å². The first-order valence-electron chi connectivity index (χ1n) is 7.15. The Morgan fingerprint density at radius 2 is 2.16 bits per heavy atom. The number of piperidine rings is 1. The number of nitrogens with one attached hydrogen (secondary N) is 2. The number of aliphatic carboxylic acids is 1. The normalized spacial score (nSPS) is 23.6. The zero-order valence-corrected chi connectivity index (χ0v) is 12.2. The van der Waals surface area contributed by atoms with Gasteiger partial charge < -0.3 is 15.7 Å². The highest BCUT2D eigenvalue weighted by atomic mass is 16.4. The molecule has 0 saturated carbocycles. The van der Waals surface area contributed by atoms with Gasteiger partial charge in [0.2, 0.25) is 5.91 Å². The van der Waals surface area contributed by atoms with E-state index in [0.717, 1.165) is 32.2 Å². The van der Waals surface area contributed by atoms with Crippen molar-refractivity contribution in [2.24, 2.45) is 5.41 Å². The summed E-state index contributed by atoms with van der Waals surface area (Å²) >= 11 is 0. The molecule has 1 amide bonds. The monoisotopic (exact) mass is 270 g/mol. The maximum Gasteiger partial charge on any atom is 0.326 e. The average Bonchev–Trinajstić information content (AvgIpc) is 2.33. The second kappa shape index (κ2) is 6.89. The molecule has 1 aliphatic rings. The molecule has 3 N–H and O–H groups in total. The third-order valence-electron chi connectivity index (χ3n) is 3.85. The van der Waals surface area contributed by atoms with E-state index in [1.807, 2.05) is 20.8 Å². The van der Waals surface area contributed by atoms with Crippen LogP contribution in [0.15, 0.2) is 0 Å². The number of amides is 1. The smallest absolute Gasteiger partial charge is 0.326 e. The summed E-state index contributed by atoms with van der Waals surface area (Å²) in [5, 5.41) is 15.0. The Morgan fingerprint density at radius 1 is 1.47 bits per heavy atom. The van der Waals surface area contributed by atoms with Crippen molar-refractivity contribution >= 4 is 11.9 Å². The van der Waals surface area contributed by atoms with E-state index in [-0.39, 0.29) is 17.4 Å². The van der Waals surface area contributed by atoms with Crippen LogP contribution >= 0.6 is 0 Å². The highest BCUT2D eigenvalue weighted by Crippen LogP contribution is 2.30. The van der Waals surface area contributed by atoms with Gasteiger partial charge in [0.15, 0.2) is 0 Å². The number of carboxylic acids is 1. The maximum atomic E-state index is 12.3. The standard InChI is InChI=1S/C14H26N2O3/c1-4-5-7-10(13(18)19)16-12(17)11-14(2,3)8-6-9-15-11/h10-11,15H,4-9H2,1-3H3,(H,16,17)(H,18,19)/t10-,11?/m0/s1. The van der Waals surface area contributed by atoms with Gasteiger partial charge in [-0.25, -0.2) is 4.79 Å². The van der Waals surface area contributed by atoms with E-state index in [1.54, 1.807) is 0 Å². The van der Waals surface area contributed by atoms with Gasteiger partial charge in [-0.2, -0.15) is 0 Å². The largest absolute Gasteiger partial charge is 0.480 e. The number of carbonyl (C=O) groups is 2. The van der Waals surface area contributed by atoms with Crippen LogP contribution < -0.4 is 10.6 Å². The maximum absolute atomic E-state index is 12.3. The zero-order valence-electron chi connectivity index (χ0n) is 12.2. The molecule has 110 valence electrons. The van der Waals surface area contributed by atoms with Gasteiger partial charge in [-0.05, 0) is 31.2 Å². The molecular weight excluding hydrogens is 244 g/mol. The van der Waals surface area contributed by atoms with Gasteiger partial charge in [0.05, 0.1) is 6.04 Å². The number of carbonyl (C=O) groups excluding carboxylic acids is 1. The van der Waals surface area contributed by atoms with Crippen LogP contribution in [0, 0.1) is 5.41 Å². The van der Waals surface area contributed by atoms with Crippen LogP contribution in [0.4, 0.5) is 0 Å². The molecule has 0 aromatic carbocycles. The summed E-state index contributed by atoms with van der Waals surface area (Å²) in [6.45, 7) is 6.91. The molecule has 2 atom stereocenters. The number of rotatable bonds is 6. The molecule has 0 aromatic rings. The summed E-state index contributed by atoms with van der Waals surface area (Å²) in [6.07, 6.45) is 4.25. The van der Waals surface area contributed by atoms with Crippen LogP contribution in [0.5, 0.6) is 0 Å². The minimum absolute atomic E-state index is 0.129. The molecule has 5 heteroatoms. The van der Waals surface area contributed by atoms with E-state index in [4.69, 9.17) is 5.11 Å². The first-order valence-corrected chi connectivity index (χ1v) is 7.15. The molecule has 1 unspecified atom stereocenters. The molecule has 19 heavy (non-hydrogen) atoms. The van der Waals surface area contributed by atoms with Gasteiger partial charge in [0, 0.05) is 0 Å². The molecule has 1 heterocycles. The average molecular weight is 270 g/mol. The lowest BCUT2D eigenvalue weighted by Gasteiger charge is -2.38. The van der Waals surface area contributed by atoms with Gasteiger partial charge in [-0.1, -0.05) is 33.6 Å². The molecule has 1 fully saturated rings. The van der Waals surface area contributed by atoms with E-state index in [9.17, 15) is 9.59 Å². The summed E-state index contributed by atoms with van der Waals surface area (Å²) in [6, 6.07) is -1.07. The van der Waals surface area contributed by atoms with E-state index in [0.29, 0.717) is 6.42 Å². The highest BCUT2D eigenvalue weighted by molar-refractivity contribution is 5.87. The van der Waals surface area contributed by atoms with Gasteiger partial charge in [-0.15, -0.1) is 0 Å². The van der Waals surface area contributed by atoms with Crippen molar-refractivity contribution in [3.8, 4) is 0 Å². The molecule has 1 rings (SSSR count). The fourth-order valence-corrected chi connectivity index (χ4v) is 2.58. The predicted molar refractivity (Wildman–Crippen MR) is 73.9 cm³/mol. The second-order valence-corrected chi connectivity index (χ2v) is 6.02. The van der Waals surface area contributed by atoms with Crippen molar-refractivity contribution < 1.29 is 14.7 Å². The minimum Gasteiger partial charge on any atom is -0.480 e. The minimum atomic E-state index is -0.949. The molecule has 1 aliphatic heterocycles. The van der Waals surface area contributed by atoms with Crippen molar-refractivity contribution in [2.75, 3.05) is 6.54 Å². The lowest BCUT2D eigenvalue weighted by molar-refractivity contribution is -0.143. The van der Waals surface area contributed by atoms with E-state index in [1.165, 1.54) is 0 Å². The number of hydrogen-bond acceptors (Lipinski definition) is 3. The third-order valence-corrected chi connectivity index (χ3v) is 3.85. The van der Waals surface area contributed by atoms with Crippen LogP contribution in [-0.2, 0) is 9.59 Å². The highest BCUT2D eigenvalue weighted by Gasteiger charge is 2.38. The fraction of sp³-hybridized carbons (Fsp3) is 0.857.